The SMILES string of the molecule is Cc1ccc2cc(C3(CO)COC3)ccc2c1. The van der Waals surface area contributed by atoms with Crippen LogP contribution >= 0.6 is 0 Å². The highest BCUT2D eigenvalue weighted by Crippen LogP contribution is 2.33. The first-order valence-corrected chi connectivity index (χ1v) is 5.93. The molecule has 1 aliphatic heterocycles. The van der Waals surface area contributed by atoms with E-state index in [4.69, 9.17) is 4.74 Å². The summed E-state index contributed by atoms with van der Waals surface area (Å²) in [6.45, 7) is 3.51. The molecule has 1 saturated heterocycles. The van der Waals surface area contributed by atoms with Gasteiger partial charge in [-0.2, -0.15) is 0 Å². The first-order valence-electron chi connectivity index (χ1n) is 5.93. The number of rotatable bonds is 2. The van der Waals surface area contributed by atoms with Gasteiger partial charge in [0.15, 0.2) is 0 Å². The molecule has 1 fully saturated rings. The van der Waals surface area contributed by atoms with E-state index in [1.54, 1.807) is 0 Å². The van der Waals surface area contributed by atoms with Crippen molar-refractivity contribution >= 4 is 10.8 Å². The Balaban J connectivity index is 2.10. The van der Waals surface area contributed by atoms with Gasteiger partial charge in [-0.3, -0.25) is 0 Å². The van der Waals surface area contributed by atoms with Crippen LogP contribution in [0.1, 0.15) is 11.1 Å². The Morgan fingerprint density at radius 2 is 1.82 bits per heavy atom. The van der Waals surface area contributed by atoms with Gasteiger partial charge < -0.3 is 9.84 Å². The topological polar surface area (TPSA) is 29.5 Å². The number of hydrogen-bond donors (Lipinski definition) is 1. The molecule has 2 nitrogen and oxygen atoms in total. The third-order valence-electron chi connectivity index (χ3n) is 3.67. The Labute approximate surface area is 101 Å². The summed E-state index contributed by atoms with van der Waals surface area (Å²) < 4.78 is 5.25. The monoisotopic (exact) mass is 228 g/mol. The zero-order valence-electron chi connectivity index (χ0n) is 9.94. The van der Waals surface area contributed by atoms with Crippen LogP contribution in [0.25, 0.3) is 10.8 Å². The third-order valence-corrected chi connectivity index (χ3v) is 3.67. The molecular formula is C15H16O2. The highest BCUT2D eigenvalue weighted by Gasteiger charge is 2.39. The van der Waals surface area contributed by atoms with E-state index < -0.39 is 0 Å². The molecule has 2 aromatic carbocycles. The molecule has 0 spiro atoms. The molecule has 1 aliphatic rings. The summed E-state index contributed by atoms with van der Waals surface area (Å²) >= 11 is 0. The van der Waals surface area contributed by atoms with Crippen LogP contribution in [0.4, 0.5) is 0 Å². The van der Waals surface area contributed by atoms with Crippen LogP contribution in [-0.4, -0.2) is 24.9 Å². The number of aliphatic hydroxyl groups excluding tert-OH is 1. The molecule has 88 valence electrons. The van der Waals surface area contributed by atoms with Gasteiger partial charge in [-0.15, -0.1) is 0 Å². The second-order valence-corrected chi connectivity index (χ2v) is 5.00. The molecule has 0 aromatic heterocycles. The smallest absolute Gasteiger partial charge is 0.0651 e. The van der Waals surface area contributed by atoms with E-state index in [9.17, 15) is 5.11 Å². The van der Waals surface area contributed by atoms with E-state index in [2.05, 4.69) is 43.3 Å². The molecule has 3 rings (SSSR count). The molecule has 0 unspecified atom stereocenters. The fraction of sp³-hybridized carbons (Fsp3) is 0.333. The number of ether oxygens (including phenoxy) is 1. The number of fused-ring (bicyclic) bond motifs is 1. The molecule has 0 saturated carbocycles. The lowest BCUT2D eigenvalue weighted by Crippen LogP contribution is -2.49. The quantitative estimate of drug-likeness (QED) is 0.855. The molecule has 2 aromatic rings. The van der Waals surface area contributed by atoms with Crippen molar-refractivity contribution < 1.29 is 9.84 Å². The van der Waals surface area contributed by atoms with Gasteiger partial charge in [0, 0.05) is 0 Å². The van der Waals surface area contributed by atoms with Gasteiger partial charge in [0.25, 0.3) is 0 Å². The van der Waals surface area contributed by atoms with Gasteiger partial charge in [-0.1, -0.05) is 42.0 Å². The lowest BCUT2D eigenvalue weighted by Gasteiger charge is -2.40. The summed E-state index contributed by atoms with van der Waals surface area (Å²) in [5.41, 5.74) is 2.29. The van der Waals surface area contributed by atoms with Crippen LogP contribution in [-0.2, 0) is 10.2 Å². The second kappa shape index (κ2) is 3.83. The maximum atomic E-state index is 9.53. The summed E-state index contributed by atoms with van der Waals surface area (Å²) in [5.74, 6) is 0. The average molecular weight is 228 g/mol. The van der Waals surface area contributed by atoms with Gasteiger partial charge in [0.2, 0.25) is 0 Å². The fourth-order valence-corrected chi connectivity index (χ4v) is 2.39. The van der Waals surface area contributed by atoms with Crippen molar-refractivity contribution in [3.05, 3.63) is 47.5 Å². The summed E-state index contributed by atoms with van der Waals surface area (Å²) in [5, 5.41) is 12.0. The largest absolute Gasteiger partial charge is 0.395 e. The Kier molecular flexibility index (Phi) is 2.42. The summed E-state index contributed by atoms with van der Waals surface area (Å²) in [6.07, 6.45) is 0. The summed E-state index contributed by atoms with van der Waals surface area (Å²) in [7, 11) is 0. The minimum Gasteiger partial charge on any atom is -0.395 e. The van der Waals surface area contributed by atoms with Crippen molar-refractivity contribution in [2.24, 2.45) is 0 Å². The molecule has 17 heavy (non-hydrogen) atoms. The standard InChI is InChI=1S/C15H16O2/c1-11-2-3-13-7-14(5-4-12(13)6-11)15(8-16)9-17-10-15/h2-7,16H,8-10H2,1H3. The molecule has 1 N–H and O–H groups in total. The van der Waals surface area contributed by atoms with Crippen LogP contribution < -0.4 is 0 Å². The van der Waals surface area contributed by atoms with Crippen molar-refractivity contribution in [1.82, 2.24) is 0 Å². The number of aryl methyl sites for hydroxylation is 1. The minimum absolute atomic E-state index is 0.157. The highest BCUT2D eigenvalue weighted by molar-refractivity contribution is 5.84. The molecule has 1 heterocycles. The van der Waals surface area contributed by atoms with Crippen molar-refractivity contribution in [2.45, 2.75) is 12.3 Å². The number of benzene rings is 2. The summed E-state index contributed by atoms with van der Waals surface area (Å²) in [4.78, 5) is 0. The van der Waals surface area contributed by atoms with Crippen LogP contribution in [0.5, 0.6) is 0 Å². The number of aliphatic hydroxyl groups is 1. The average Bonchev–Trinajstić information content (AvgIpc) is 2.28. The van der Waals surface area contributed by atoms with Crippen molar-refractivity contribution in [1.29, 1.82) is 0 Å². The predicted molar refractivity (Wildman–Crippen MR) is 68.3 cm³/mol. The molecule has 0 radical (unpaired) electrons. The molecule has 0 atom stereocenters. The predicted octanol–water partition coefficient (Wildman–Crippen LogP) is 2.41. The number of hydrogen-bond acceptors (Lipinski definition) is 2. The van der Waals surface area contributed by atoms with Gasteiger partial charge >= 0.3 is 0 Å². The molecule has 0 aliphatic carbocycles. The maximum Gasteiger partial charge on any atom is 0.0651 e. The zero-order valence-corrected chi connectivity index (χ0v) is 9.94. The van der Waals surface area contributed by atoms with E-state index in [-0.39, 0.29) is 12.0 Å². The molecule has 0 bridgehead atoms. The van der Waals surface area contributed by atoms with Crippen LogP contribution in [0, 0.1) is 6.92 Å². The van der Waals surface area contributed by atoms with Crippen LogP contribution in [0.3, 0.4) is 0 Å². The van der Waals surface area contributed by atoms with Gasteiger partial charge in [-0.05, 0) is 23.3 Å². The Hall–Kier alpha value is -1.38. The minimum atomic E-state index is -0.168. The first kappa shape index (κ1) is 10.8. The summed E-state index contributed by atoms with van der Waals surface area (Å²) in [6, 6.07) is 12.9. The van der Waals surface area contributed by atoms with Crippen molar-refractivity contribution in [3.8, 4) is 0 Å². The highest BCUT2D eigenvalue weighted by atomic mass is 16.5. The fourth-order valence-electron chi connectivity index (χ4n) is 2.39. The van der Waals surface area contributed by atoms with E-state index in [0.29, 0.717) is 13.2 Å². The van der Waals surface area contributed by atoms with E-state index in [1.165, 1.54) is 21.9 Å². The van der Waals surface area contributed by atoms with Crippen LogP contribution in [0.2, 0.25) is 0 Å². The Morgan fingerprint density at radius 3 is 2.47 bits per heavy atom. The van der Waals surface area contributed by atoms with E-state index in [1.807, 2.05) is 0 Å². The molecule has 0 amide bonds. The Morgan fingerprint density at radius 1 is 1.12 bits per heavy atom. The first-order chi connectivity index (χ1) is 8.23. The lowest BCUT2D eigenvalue weighted by atomic mass is 9.79. The lowest BCUT2D eigenvalue weighted by molar-refractivity contribution is -0.0841. The van der Waals surface area contributed by atoms with Gasteiger partial charge in [0.05, 0.1) is 25.2 Å². The van der Waals surface area contributed by atoms with Crippen molar-refractivity contribution in [3.63, 3.8) is 0 Å². The second-order valence-electron chi connectivity index (χ2n) is 5.00. The normalized spacial score (nSPS) is 18.0. The van der Waals surface area contributed by atoms with Crippen LogP contribution in [0.15, 0.2) is 36.4 Å². The van der Waals surface area contributed by atoms with Crippen molar-refractivity contribution in [2.75, 3.05) is 19.8 Å². The van der Waals surface area contributed by atoms with Gasteiger partial charge in [-0.25, -0.2) is 0 Å². The van der Waals surface area contributed by atoms with E-state index in [0.717, 1.165) is 0 Å². The van der Waals surface area contributed by atoms with E-state index >= 15 is 0 Å². The molecule has 2 heteroatoms. The Bertz CT molecular complexity index is 550. The zero-order chi connectivity index (χ0) is 11.9. The maximum absolute atomic E-state index is 9.53. The third kappa shape index (κ3) is 1.65. The van der Waals surface area contributed by atoms with Gasteiger partial charge in [0.1, 0.15) is 0 Å². The molecular weight excluding hydrogens is 212 g/mol.